The standard InChI is InChI=1S/C20H31N/c1-3-6-16-10-12-17(13-11-16)21-20-14-9-15(2)18-7-4-5-8-19(18)20/h4-5,7-8,15-17,20-21H,3,6,9-14H2,1-2H3. The van der Waals surface area contributed by atoms with Gasteiger partial charge in [0.2, 0.25) is 0 Å². The molecular formula is C20H31N. The molecule has 1 heteroatoms. The van der Waals surface area contributed by atoms with Gasteiger partial charge in [0, 0.05) is 12.1 Å². The molecule has 2 aliphatic carbocycles. The van der Waals surface area contributed by atoms with Gasteiger partial charge in [-0.1, -0.05) is 51.0 Å². The average Bonchev–Trinajstić information content (AvgIpc) is 2.52. The van der Waals surface area contributed by atoms with Crippen LogP contribution < -0.4 is 5.32 Å². The van der Waals surface area contributed by atoms with E-state index in [4.69, 9.17) is 0 Å². The Morgan fingerprint density at radius 3 is 2.38 bits per heavy atom. The SMILES string of the molecule is CCCC1CCC(NC2CCC(C)c3ccccc32)CC1. The second kappa shape index (κ2) is 6.96. The number of hydrogen-bond donors (Lipinski definition) is 1. The second-order valence-electron chi connectivity index (χ2n) is 7.33. The van der Waals surface area contributed by atoms with Crippen LogP contribution in [-0.4, -0.2) is 6.04 Å². The molecule has 0 bridgehead atoms. The van der Waals surface area contributed by atoms with Crippen LogP contribution in [0.25, 0.3) is 0 Å². The lowest BCUT2D eigenvalue weighted by Gasteiger charge is -2.36. The highest BCUT2D eigenvalue weighted by Gasteiger charge is 2.28. The van der Waals surface area contributed by atoms with Crippen LogP contribution in [0.2, 0.25) is 0 Å². The predicted octanol–water partition coefficient (Wildman–Crippen LogP) is 5.57. The summed E-state index contributed by atoms with van der Waals surface area (Å²) in [4.78, 5) is 0. The highest BCUT2D eigenvalue weighted by Crippen LogP contribution is 2.38. The van der Waals surface area contributed by atoms with Gasteiger partial charge in [0.15, 0.2) is 0 Å². The summed E-state index contributed by atoms with van der Waals surface area (Å²) < 4.78 is 0. The van der Waals surface area contributed by atoms with Crippen molar-refractivity contribution in [2.45, 2.75) is 83.2 Å². The maximum absolute atomic E-state index is 4.00. The fourth-order valence-electron chi connectivity index (χ4n) is 4.49. The van der Waals surface area contributed by atoms with Crippen LogP contribution in [0.15, 0.2) is 24.3 Å². The molecule has 0 aliphatic heterocycles. The molecule has 1 nitrogen and oxygen atoms in total. The third-order valence-electron chi connectivity index (χ3n) is 5.77. The summed E-state index contributed by atoms with van der Waals surface area (Å²) in [6, 6.07) is 10.5. The maximum atomic E-state index is 4.00. The Hall–Kier alpha value is -0.820. The first-order valence-electron chi connectivity index (χ1n) is 9.12. The molecule has 2 atom stereocenters. The Morgan fingerprint density at radius 1 is 0.952 bits per heavy atom. The van der Waals surface area contributed by atoms with Crippen molar-refractivity contribution >= 4 is 0 Å². The minimum absolute atomic E-state index is 0.602. The van der Waals surface area contributed by atoms with E-state index in [9.17, 15) is 0 Å². The summed E-state index contributed by atoms with van der Waals surface area (Å²) in [5, 5.41) is 4.00. The number of nitrogens with one attached hydrogen (secondary N) is 1. The molecule has 0 saturated heterocycles. The largest absolute Gasteiger partial charge is 0.307 e. The van der Waals surface area contributed by atoms with Gasteiger partial charge in [0.1, 0.15) is 0 Å². The summed E-state index contributed by atoms with van der Waals surface area (Å²) in [7, 11) is 0. The molecule has 0 aromatic heterocycles. The smallest absolute Gasteiger partial charge is 0.0325 e. The van der Waals surface area contributed by atoms with Crippen LogP contribution in [0.4, 0.5) is 0 Å². The van der Waals surface area contributed by atoms with Gasteiger partial charge in [-0.2, -0.15) is 0 Å². The summed E-state index contributed by atoms with van der Waals surface area (Å²) in [6.45, 7) is 4.70. The van der Waals surface area contributed by atoms with Crippen molar-refractivity contribution < 1.29 is 0 Å². The fourth-order valence-corrected chi connectivity index (χ4v) is 4.49. The summed E-state index contributed by atoms with van der Waals surface area (Å²) in [5.41, 5.74) is 3.16. The van der Waals surface area contributed by atoms with Gasteiger partial charge in [-0.05, 0) is 61.5 Å². The molecule has 2 unspecified atom stereocenters. The van der Waals surface area contributed by atoms with E-state index in [1.54, 1.807) is 11.1 Å². The molecule has 0 spiro atoms. The Labute approximate surface area is 130 Å². The van der Waals surface area contributed by atoms with Crippen LogP contribution >= 0.6 is 0 Å². The molecule has 2 aliphatic rings. The molecule has 3 rings (SSSR count). The first kappa shape index (κ1) is 15.1. The number of rotatable bonds is 4. The van der Waals surface area contributed by atoms with Crippen molar-refractivity contribution in [1.82, 2.24) is 5.32 Å². The number of hydrogen-bond acceptors (Lipinski definition) is 1. The lowest BCUT2D eigenvalue weighted by molar-refractivity contribution is 0.254. The van der Waals surface area contributed by atoms with Gasteiger partial charge in [0.25, 0.3) is 0 Å². The van der Waals surface area contributed by atoms with Gasteiger partial charge < -0.3 is 5.32 Å². The summed E-state index contributed by atoms with van der Waals surface area (Å²) >= 11 is 0. The lowest BCUT2D eigenvalue weighted by atomic mass is 9.79. The third-order valence-corrected chi connectivity index (χ3v) is 5.77. The molecule has 1 N–H and O–H groups in total. The number of fused-ring (bicyclic) bond motifs is 1. The Morgan fingerprint density at radius 2 is 1.67 bits per heavy atom. The van der Waals surface area contributed by atoms with E-state index in [2.05, 4.69) is 43.4 Å². The average molecular weight is 285 g/mol. The monoisotopic (exact) mass is 285 g/mol. The van der Waals surface area contributed by atoms with Crippen molar-refractivity contribution in [2.75, 3.05) is 0 Å². The van der Waals surface area contributed by atoms with Crippen LogP contribution in [0.5, 0.6) is 0 Å². The predicted molar refractivity (Wildman–Crippen MR) is 90.6 cm³/mol. The Kier molecular flexibility index (Phi) is 5.00. The molecule has 0 radical (unpaired) electrons. The van der Waals surface area contributed by atoms with Crippen LogP contribution in [0.3, 0.4) is 0 Å². The Balaban J connectivity index is 1.60. The zero-order valence-corrected chi connectivity index (χ0v) is 13.8. The quantitative estimate of drug-likeness (QED) is 0.762. The molecule has 116 valence electrons. The maximum Gasteiger partial charge on any atom is 0.0325 e. The van der Waals surface area contributed by atoms with Gasteiger partial charge in [-0.3, -0.25) is 0 Å². The van der Waals surface area contributed by atoms with Crippen LogP contribution in [0, 0.1) is 5.92 Å². The van der Waals surface area contributed by atoms with Gasteiger partial charge >= 0.3 is 0 Å². The van der Waals surface area contributed by atoms with Crippen molar-refractivity contribution in [3.8, 4) is 0 Å². The van der Waals surface area contributed by atoms with Crippen molar-refractivity contribution in [2.24, 2.45) is 5.92 Å². The van der Waals surface area contributed by atoms with E-state index >= 15 is 0 Å². The van der Waals surface area contributed by atoms with E-state index in [0.717, 1.165) is 17.9 Å². The van der Waals surface area contributed by atoms with Crippen molar-refractivity contribution in [3.05, 3.63) is 35.4 Å². The minimum Gasteiger partial charge on any atom is -0.307 e. The highest BCUT2D eigenvalue weighted by atomic mass is 15.0. The van der Waals surface area contributed by atoms with E-state index < -0.39 is 0 Å². The zero-order chi connectivity index (χ0) is 14.7. The Bertz CT molecular complexity index is 445. The van der Waals surface area contributed by atoms with Crippen LogP contribution in [0.1, 0.15) is 88.3 Å². The molecule has 1 aromatic rings. The zero-order valence-electron chi connectivity index (χ0n) is 13.8. The summed E-state index contributed by atoms with van der Waals surface area (Å²) in [6.07, 6.45) is 11.1. The fraction of sp³-hybridized carbons (Fsp3) is 0.700. The molecular weight excluding hydrogens is 254 g/mol. The van der Waals surface area contributed by atoms with Gasteiger partial charge in [-0.15, -0.1) is 0 Å². The van der Waals surface area contributed by atoms with Gasteiger partial charge in [-0.25, -0.2) is 0 Å². The van der Waals surface area contributed by atoms with Crippen molar-refractivity contribution in [3.63, 3.8) is 0 Å². The van der Waals surface area contributed by atoms with E-state index in [1.807, 2.05) is 0 Å². The topological polar surface area (TPSA) is 12.0 Å². The molecule has 1 aromatic carbocycles. The number of benzene rings is 1. The normalized spacial score (nSPS) is 32.7. The third kappa shape index (κ3) is 3.51. The van der Waals surface area contributed by atoms with E-state index in [0.29, 0.717) is 6.04 Å². The highest BCUT2D eigenvalue weighted by molar-refractivity contribution is 5.35. The first-order chi connectivity index (χ1) is 10.3. The molecule has 21 heavy (non-hydrogen) atoms. The van der Waals surface area contributed by atoms with Crippen LogP contribution in [-0.2, 0) is 0 Å². The first-order valence-corrected chi connectivity index (χ1v) is 9.12. The second-order valence-corrected chi connectivity index (χ2v) is 7.33. The summed E-state index contributed by atoms with van der Waals surface area (Å²) in [5.74, 6) is 1.74. The molecule has 1 fully saturated rings. The van der Waals surface area contributed by atoms with Crippen molar-refractivity contribution in [1.29, 1.82) is 0 Å². The van der Waals surface area contributed by atoms with E-state index in [1.165, 1.54) is 51.4 Å². The van der Waals surface area contributed by atoms with Gasteiger partial charge in [0.05, 0.1) is 0 Å². The minimum atomic E-state index is 0.602. The lowest BCUT2D eigenvalue weighted by Crippen LogP contribution is -2.37. The molecule has 0 amide bonds. The van der Waals surface area contributed by atoms with E-state index in [-0.39, 0.29) is 0 Å². The molecule has 1 saturated carbocycles. The molecule has 0 heterocycles.